The second-order valence-electron chi connectivity index (χ2n) is 7.53. The lowest BCUT2D eigenvalue weighted by molar-refractivity contribution is -0.143. The Bertz CT molecular complexity index is 929. The van der Waals surface area contributed by atoms with Gasteiger partial charge in [0.2, 0.25) is 17.7 Å². The molecule has 0 saturated heterocycles. The molecule has 3 amide bonds. The standard InChI is InChI=1S/C21H28N4O9S/c22-12(6-7-16(26)27)18(30)25-15(10-35)20(32)23-13(9-17(28)29)19(31)24-14(21(33)34)8-11-4-2-1-3-5-11/h1-5,12-15,35H,6-10,22H2,(H,23,32)(H,24,31)(H,25,30)(H,26,27)(H,28,29)(H,33,34). The smallest absolute Gasteiger partial charge is 0.326 e. The lowest BCUT2D eigenvalue weighted by Gasteiger charge is -2.24. The lowest BCUT2D eigenvalue weighted by atomic mass is 10.0. The lowest BCUT2D eigenvalue weighted by Crippen LogP contribution is -2.58. The van der Waals surface area contributed by atoms with Gasteiger partial charge in [0.25, 0.3) is 0 Å². The zero-order chi connectivity index (χ0) is 26.5. The Balaban J connectivity index is 2.88. The summed E-state index contributed by atoms with van der Waals surface area (Å²) in [6, 6.07) is 2.79. The predicted octanol–water partition coefficient (Wildman–Crippen LogP) is -1.64. The number of carboxylic acid groups (broad SMARTS) is 3. The fourth-order valence-corrected chi connectivity index (χ4v) is 3.12. The van der Waals surface area contributed by atoms with Gasteiger partial charge < -0.3 is 37.0 Å². The highest BCUT2D eigenvalue weighted by molar-refractivity contribution is 7.80. The number of rotatable bonds is 15. The summed E-state index contributed by atoms with van der Waals surface area (Å²) in [5.41, 5.74) is 6.21. The molecule has 0 aromatic heterocycles. The fourth-order valence-electron chi connectivity index (χ4n) is 2.86. The van der Waals surface area contributed by atoms with Crippen LogP contribution in [0.5, 0.6) is 0 Å². The van der Waals surface area contributed by atoms with Crippen molar-refractivity contribution in [2.45, 2.75) is 49.9 Å². The van der Waals surface area contributed by atoms with E-state index in [9.17, 15) is 33.9 Å². The van der Waals surface area contributed by atoms with Crippen LogP contribution in [0.25, 0.3) is 0 Å². The van der Waals surface area contributed by atoms with E-state index in [1.165, 1.54) is 0 Å². The molecule has 1 rings (SSSR count). The number of nitrogens with one attached hydrogen (secondary N) is 3. The van der Waals surface area contributed by atoms with Gasteiger partial charge in [-0.05, 0) is 12.0 Å². The van der Waals surface area contributed by atoms with Gasteiger partial charge in [-0.15, -0.1) is 0 Å². The Labute approximate surface area is 205 Å². The van der Waals surface area contributed by atoms with Crippen molar-refractivity contribution in [2.24, 2.45) is 5.73 Å². The molecule has 0 bridgehead atoms. The van der Waals surface area contributed by atoms with Crippen molar-refractivity contribution in [3.05, 3.63) is 35.9 Å². The van der Waals surface area contributed by atoms with E-state index in [0.717, 1.165) is 0 Å². The SMILES string of the molecule is NC(CCC(=O)O)C(=O)NC(CS)C(=O)NC(CC(=O)O)C(=O)NC(Cc1ccccc1)C(=O)O. The molecule has 1 aromatic carbocycles. The molecule has 0 fully saturated rings. The zero-order valence-corrected chi connectivity index (χ0v) is 19.4. The van der Waals surface area contributed by atoms with Gasteiger partial charge in [0.15, 0.2) is 0 Å². The first-order valence-electron chi connectivity index (χ1n) is 10.4. The summed E-state index contributed by atoms with van der Waals surface area (Å²) in [6.07, 6.45) is -1.51. The minimum atomic E-state index is -1.66. The number of nitrogens with two attached hydrogens (primary N) is 1. The van der Waals surface area contributed by atoms with E-state index in [2.05, 4.69) is 28.6 Å². The molecule has 8 N–H and O–H groups in total. The minimum Gasteiger partial charge on any atom is -0.481 e. The molecule has 192 valence electrons. The maximum absolute atomic E-state index is 12.7. The van der Waals surface area contributed by atoms with Crippen molar-refractivity contribution in [1.29, 1.82) is 0 Å². The van der Waals surface area contributed by atoms with Crippen LogP contribution in [-0.2, 0) is 35.2 Å². The molecule has 4 unspecified atom stereocenters. The molecule has 0 heterocycles. The van der Waals surface area contributed by atoms with Gasteiger partial charge >= 0.3 is 17.9 Å². The van der Waals surface area contributed by atoms with Crippen LogP contribution in [-0.4, -0.2) is 80.9 Å². The summed E-state index contributed by atoms with van der Waals surface area (Å²) in [7, 11) is 0. The molecule has 0 aliphatic heterocycles. The Morgan fingerprint density at radius 1 is 0.800 bits per heavy atom. The molecule has 35 heavy (non-hydrogen) atoms. The van der Waals surface area contributed by atoms with Crippen LogP contribution < -0.4 is 21.7 Å². The van der Waals surface area contributed by atoms with E-state index in [0.29, 0.717) is 5.56 Å². The van der Waals surface area contributed by atoms with E-state index in [1.807, 2.05) is 0 Å². The number of carboxylic acids is 3. The van der Waals surface area contributed by atoms with Crippen LogP contribution in [0.3, 0.4) is 0 Å². The third-order valence-corrected chi connectivity index (χ3v) is 5.10. The average Bonchev–Trinajstić information content (AvgIpc) is 2.79. The molecule has 4 atom stereocenters. The molecule has 0 aliphatic carbocycles. The third-order valence-electron chi connectivity index (χ3n) is 4.73. The van der Waals surface area contributed by atoms with Gasteiger partial charge in [0.1, 0.15) is 18.1 Å². The summed E-state index contributed by atoms with van der Waals surface area (Å²) in [5, 5.41) is 33.9. The first-order valence-corrected chi connectivity index (χ1v) is 11.1. The molecular formula is C21H28N4O9S. The van der Waals surface area contributed by atoms with E-state index in [4.69, 9.17) is 15.9 Å². The third kappa shape index (κ3) is 10.9. The van der Waals surface area contributed by atoms with Gasteiger partial charge in [-0.1, -0.05) is 30.3 Å². The number of benzene rings is 1. The Kier molecular flexibility index (Phi) is 12.2. The van der Waals surface area contributed by atoms with Gasteiger partial charge in [-0.2, -0.15) is 12.6 Å². The van der Waals surface area contributed by atoms with Crippen molar-refractivity contribution >= 4 is 48.3 Å². The van der Waals surface area contributed by atoms with Crippen LogP contribution >= 0.6 is 12.6 Å². The molecule has 14 heteroatoms. The summed E-state index contributed by atoms with van der Waals surface area (Å²) < 4.78 is 0. The molecule has 0 saturated carbocycles. The number of hydrogen-bond donors (Lipinski definition) is 8. The van der Waals surface area contributed by atoms with Gasteiger partial charge in [-0.25, -0.2) is 4.79 Å². The van der Waals surface area contributed by atoms with E-state index >= 15 is 0 Å². The number of hydrogen-bond acceptors (Lipinski definition) is 8. The van der Waals surface area contributed by atoms with Gasteiger partial charge in [0.05, 0.1) is 12.5 Å². The van der Waals surface area contributed by atoms with Crippen LogP contribution in [0.2, 0.25) is 0 Å². The first-order chi connectivity index (χ1) is 16.4. The summed E-state index contributed by atoms with van der Waals surface area (Å²) in [4.78, 5) is 70.9. The van der Waals surface area contributed by atoms with E-state index < -0.39 is 66.2 Å². The Morgan fingerprint density at radius 2 is 1.34 bits per heavy atom. The van der Waals surface area contributed by atoms with Crippen molar-refractivity contribution in [3.8, 4) is 0 Å². The molecule has 13 nitrogen and oxygen atoms in total. The fraction of sp³-hybridized carbons (Fsp3) is 0.429. The maximum atomic E-state index is 12.7. The number of thiol groups is 1. The number of carbonyl (C=O) groups is 6. The van der Waals surface area contributed by atoms with Gasteiger partial charge in [-0.3, -0.25) is 24.0 Å². The molecular weight excluding hydrogens is 484 g/mol. The molecule has 0 spiro atoms. The average molecular weight is 513 g/mol. The van der Waals surface area contributed by atoms with Crippen LogP contribution in [0.15, 0.2) is 30.3 Å². The largest absolute Gasteiger partial charge is 0.481 e. The number of aliphatic carboxylic acids is 3. The van der Waals surface area contributed by atoms with E-state index in [-0.39, 0.29) is 25.0 Å². The highest BCUT2D eigenvalue weighted by Gasteiger charge is 2.31. The van der Waals surface area contributed by atoms with E-state index in [1.54, 1.807) is 30.3 Å². The topological polar surface area (TPSA) is 225 Å². The minimum absolute atomic E-state index is 0.0841. The second kappa shape index (κ2) is 14.6. The van der Waals surface area contributed by atoms with Crippen molar-refractivity contribution in [1.82, 2.24) is 16.0 Å². The summed E-state index contributed by atoms with van der Waals surface area (Å²) in [5.74, 6) is -7.07. The highest BCUT2D eigenvalue weighted by Crippen LogP contribution is 2.05. The highest BCUT2D eigenvalue weighted by atomic mass is 32.1. The molecule has 0 radical (unpaired) electrons. The molecule has 1 aromatic rings. The number of amides is 3. The van der Waals surface area contributed by atoms with Crippen molar-refractivity contribution < 1.29 is 44.1 Å². The Hall–Kier alpha value is -3.65. The molecule has 0 aliphatic rings. The normalized spacial score (nSPS) is 14.0. The number of carbonyl (C=O) groups excluding carboxylic acids is 3. The summed E-state index contributed by atoms with van der Waals surface area (Å²) in [6.45, 7) is 0. The Morgan fingerprint density at radius 3 is 1.86 bits per heavy atom. The van der Waals surface area contributed by atoms with Crippen molar-refractivity contribution in [2.75, 3.05) is 5.75 Å². The summed E-state index contributed by atoms with van der Waals surface area (Å²) >= 11 is 3.96. The van der Waals surface area contributed by atoms with Gasteiger partial charge in [0, 0.05) is 18.6 Å². The van der Waals surface area contributed by atoms with Crippen LogP contribution in [0.1, 0.15) is 24.8 Å². The monoisotopic (exact) mass is 512 g/mol. The zero-order valence-electron chi connectivity index (χ0n) is 18.5. The second-order valence-corrected chi connectivity index (χ2v) is 7.90. The van der Waals surface area contributed by atoms with Crippen LogP contribution in [0.4, 0.5) is 0 Å². The maximum Gasteiger partial charge on any atom is 0.326 e. The van der Waals surface area contributed by atoms with Crippen molar-refractivity contribution in [3.63, 3.8) is 0 Å². The quantitative estimate of drug-likeness (QED) is 0.125. The van der Waals surface area contributed by atoms with Crippen LogP contribution in [0, 0.1) is 0 Å². The predicted molar refractivity (Wildman–Crippen MR) is 125 cm³/mol. The first kappa shape index (κ1) is 29.4.